The topological polar surface area (TPSA) is 95.2 Å². The normalized spacial score (nSPS) is 15.6. The number of rotatable bonds is 9. The quantitative estimate of drug-likeness (QED) is 0.153. The van der Waals surface area contributed by atoms with Crippen molar-refractivity contribution in [3.05, 3.63) is 98.4 Å². The number of thioether (sulfide) groups is 2. The fourth-order valence-corrected chi connectivity index (χ4v) is 7.39. The fraction of sp³-hybridized carbons (Fsp3) is 0.250. The van der Waals surface area contributed by atoms with Crippen LogP contribution in [0.4, 0.5) is 0 Å². The van der Waals surface area contributed by atoms with E-state index in [2.05, 4.69) is 15.9 Å². The SMILES string of the molecule is COc1ccc(C2=NN(C(=O)CSc3nc4c(c(=O)n3-c3ccc(Br)cc3)SCC4)C(c3ccc(OC)c(OC)c3)C2)cc1. The second-order valence-electron chi connectivity index (χ2n) is 10.0. The van der Waals surface area contributed by atoms with Crippen LogP contribution in [0.25, 0.3) is 5.69 Å². The zero-order valence-corrected chi connectivity index (χ0v) is 27.5. The number of amides is 1. The molecule has 3 aromatic carbocycles. The molecular formula is C32H29BrN4O5S2. The van der Waals surface area contributed by atoms with Crippen LogP contribution in [0.5, 0.6) is 17.2 Å². The molecule has 3 heterocycles. The summed E-state index contributed by atoms with van der Waals surface area (Å²) in [4.78, 5) is 33.1. The number of hydrazone groups is 1. The van der Waals surface area contributed by atoms with Gasteiger partial charge in [-0.25, -0.2) is 9.99 Å². The van der Waals surface area contributed by atoms with Crippen LogP contribution in [0.3, 0.4) is 0 Å². The van der Waals surface area contributed by atoms with Crippen LogP contribution in [-0.4, -0.2) is 59.0 Å². The summed E-state index contributed by atoms with van der Waals surface area (Å²) in [6.45, 7) is 0. The molecule has 1 aromatic heterocycles. The molecule has 4 aromatic rings. The molecule has 1 atom stereocenters. The van der Waals surface area contributed by atoms with Crippen LogP contribution >= 0.6 is 39.5 Å². The molecule has 6 rings (SSSR count). The van der Waals surface area contributed by atoms with Crippen molar-refractivity contribution in [1.29, 1.82) is 0 Å². The maximum absolute atomic E-state index is 14.0. The van der Waals surface area contributed by atoms with Crippen LogP contribution in [0.15, 0.2) is 91.2 Å². The van der Waals surface area contributed by atoms with Gasteiger partial charge in [0.15, 0.2) is 16.7 Å². The lowest BCUT2D eigenvalue weighted by Crippen LogP contribution is -2.29. The van der Waals surface area contributed by atoms with Gasteiger partial charge in [0.25, 0.3) is 11.5 Å². The molecule has 12 heteroatoms. The van der Waals surface area contributed by atoms with Gasteiger partial charge >= 0.3 is 0 Å². The van der Waals surface area contributed by atoms with E-state index in [4.69, 9.17) is 24.3 Å². The second-order valence-corrected chi connectivity index (χ2v) is 13.0. The van der Waals surface area contributed by atoms with Gasteiger partial charge in [0, 0.05) is 23.1 Å². The van der Waals surface area contributed by atoms with E-state index in [-0.39, 0.29) is 23.3 Å². The van der Waals surface area contributed by atoms with Crippen molar-refractivity contribution in [3.8, 4) is 22.9 Å². The van der Waals surface area contributed by atoms with Crippen molar-refractivity contribution >= 4 is 51.1 Å². The third-order valence-corrected chi connectivity index (χ3v) is 10.0. The van der Waals surface area contributed by atoms with Gasteiger partial charge < -0.3 is 14.2 Å². The van der Waals surface area contributed by atoms with E-state index in [1.54, 1.807) is 30.9 Å². The lowest BCUT2D eigenvalue weighted by atomic mass is 9.98. The first-order valence-electron chi connectivity index (χ1n) is 13.8. The standard InChI is InChI=1S/C32H29BrN4O5S2/c1-40-23-11-4-19(5-12-23)25-17-26(20-6-13-27(41-2)28(16-20)42-3)37(35-25)29(38)18-44-32-34-24-14-15-43-30(24)31(39)36(32)22-9-7-21(33)8-10-22/h4-13,16,26H,14-15,17-18H2,1-3H3. The highest BCUT2D eigenvalue weighted by molar-refractivity contribution is 9.10. The van der Waals surface area contributed by atoms with Gasteiger partial charge in [0.05, 0.1) is 55.1 Å². The zero-order chi connectivity index (χ0) is 30.8. The van der Waals surface area contributed by atoms with Crippen LogP contribution < -0.4 is 19.8 Å². The first-order chi connectivity index (χ1) is 21.4. The smallest absolute Gasteiger partial charge is 0.272 e. The Hall–Kier alpha value is -3.74. The summed E-state index contributed by atoms with van der Waals surface area (Å²) >= 11 is 6.24. The number of fused-ring (bicyclic) bond motifs is 1. The first-order valence-corrected chi connectivity index (χ1v) is 16.6. The molecule has 0 N–H and O–H groups in total. The molecule has 2 aliphatic heterocycles. The summed E-state index contributed by atoms with van der Waals surface area (Å²) in [6.07, 6.45) is 1.23. The Bertz CT molecular complexity index is 1790. The van der Waals surface area contributed by atoms with Crippen molar-refractivity contribution in [3.63, 3.8) is 0 Å². The molecule has 0 fully saturated rings. The van der Waals surface area contributed by atoms with Gasteiger partial charge in [-0.2, -0.15) is 5.10 Å². The summed E-state index contributed by atoms with van der Waals surface area (Å²) in [7, 11) is 4.80. The first kappa shape index (κ1) is 30.3. The highest BCUT2D eigenvalue weighted by atomic mass is 79.9. The van der Waals surface area contributed by atoms with E-state index in [9.17, 15) is 9.59 Å². The predicted octanol–water partition coefficient (Wildman–Crippen LogP) is 6.14. The van der Waals surface area contributed by atoms with Crippen LogP contribution in [0.1, 0.15) is 29.3 Å². The van der Waals surface area contributed by atoms with Crippen molar-refractivity contribution in [2.24, 2.45) is 5.10 Å². The van der Waals surface area contributed by atoms with Gasteiger partial charge in [0.2, 0.25) is 0 Å². The number of hydrogen-bond acceptors (Lipinski definition) is 9. The summed E-state index contributed by atoms with van der Waals surface area (Å²) in [5, 5.41) is 6.84. The van der Waals surface area contributed by atoms with E-state index in [1.165, 1.54) is 23.5 Å². The van der Waals surface area contributed by atoms with E-state index in [0.29, 0.717) is 33.7 Å². The molecule has 0 saturated heterocycles. The van der Waals surface area contributed by atoms with E-state index in [1.807, 2.05) is 66.7 Å². The molecule has 2 aliphatic rings. The number of carbonyl (C=O) groups excluding carboxylic acids is 1. The highest BCUT2D eigenvalue weighted by Gasteiger charge is 2.34. The lowest BCUT2D eigenvalue weighted by molar-refractivity contribution is -0.130. The van der Waals surface area contributed by atoms with Gasteiger partial charge in [-0.3, -0.25) is 14.2 Å². The molecule has 9 nitrogen and oxygen atoms in total. The molecule has 0 radical (unpaired) electrons. The van der Waals surface area contributed by atoms with Crippen LogP contribution in [0, 0.1) is 0 Å². The number of nitrogens with zero attached hydrogens (tertiary/aromatic N) is 4. The minimum atomic E-state index is -0.363. The number of aromatic nitrogens is 2. The number of ether oxygens (including phenoxy) is 3. The predicted molar refractivity (Wildman–Crippen MR) is 176 cm³/mol. The maximum Gasteiger partial charge on any atom is 0.272 e. The van der Waals surface area contributed by atoms with Crippen LogP contribution in [0.2, 0.25) is 0 Å². The molecule has 0 saturated carbocycles. The number of methoxy groups -OCH3 is 3. The summed E-state index contributed by atoms with van der Waals surface area (Å²) in [5.41, 5.74) is 3.92. The second kappa shape index (κ2) is 13.1. The maximum atomic E-state index is 14.0. The Kier molecular flexibility index (Phi) is 9.01. The van der Waals surface area contributed by atoms with Gasteiger partial charge in [0.1, 0.15) is 5.75 Å². The Balaban J connectivity index is 1.33. The molecule has 1 amide bonds. The van der Waals surface area contributed by atoms with E-state index in [0.717, 1.165) is 44.9 Å². The minimum Gasteiger partial charge on any atom is -0.497 e. The van der Waals surface area contributed by atoms with Crippen molar-refractivity contribution < 1.29 is 19.0 Å². The van der Waals surface area contributed by atoms with Crippen LogP contribution in [-0.2, 0) is 11.2 Å². The van der Waals surface area contributed by atoms with Gasteiger partial charge in [-0.05, 0) is 71.8 Å². The molecule has 0 spiro atoms. The minimum absolute atomic E-state index is 0.0398. The summed E-state index contributed by atoms with van der Waals surface area (Å²) < 4.78 is 18.8. The molecule has 0 aliphatic carbocycles. The number of carbonyl (C=O) groups is 1. The third-order valence-electron chi connectivity index (χ3n) is 7.46. The van der Waals surface area contributed by atoms with Crippen molar-refractivity contribution in [1.82, 2.24) is 14.6 Å². The molecule has 226 valence electrons. The summed E-state index contributed by atoms with van der Waals surface area (Å²) in [6, 6.07) is 20.4. The van der Waals surface area contributed by atoms with Gasteiger partial charge in [-0.15, -0.1) is 11.8 Å². The lowest BCUT2D eigenvalue weighted by Gasteiger charge is -2.23. The number of aryl methyl sites for hydroxylation is 1. The van der Waals surface area contributed by atoms with Crippen molar-refractivity contribution in [2.75, 3.05) is 32.8 Å². The zero-order valence-electron chi connectivity index (χ0n) is 24.3. The molecule has 1 unspecified atom stereocenters. The Morgan fingerprint density at radius 1 is 1.00 bits per heavy atom. The van der Waals surface area contributed by atoms with Crippen molar-refractivity contribution in [2.45, 2.75) is 28.9 Å². The Labute approximate surface area is 271 Å². The average molecular weight is 694 g/mol. The fourth-order valence-electron chi connectivity index (χ4n) is 5.22. The summed E-state index contributed by atoms with van der Waals surface area (Å²) in [5.74, 6) is 2.57. The number of hydrogen-bond donors (Lipinski definition) is 0. The molecular weight excluding hydrogens is 664 g/mol. The number of halogens is 1. The number of benzene rings is 3. The van der Waals surface area contributed by atoms with Gasteiger partial charge in [-0.1, -0.05) is 33.8 Å². The highest BCUT2D eigenvalue weighted by Crippen LogP contribution is 2.38. The average Bonchev–Trinajstić information content (AvgIpc) is 3.72. The van der Waals surface area contributed by atoms with E-state index < -0.39 is 0 Å². The largest absolute Gasteiger partial charge is 0.497 e. The van der Waals surface area contributed by atoms with E-state index >= 15 is 0 Å². The molecule has 44 heavy (non-hydrogen) atoms. The Morgan fingerprint density at radius 3 is 2.45 bits per heavy atom. The molecule has 0 bridgehead atoms. The third kappa shape index (κ3) is 5.98. The monoisotopic (exact) mass is 692 g/mol. The Morgan fingerprint density at radius 2 is 1.75 bits per heavy atom.